The van der Waals surface area contributed by atoms with E-state index in [9.17, 15) is 0 Å². The van der Waals surface area contributed by atoms with Gasteiger partial charge in [0.15, 0.2) is 23.1 Å². The fourth-order valence-electron chi connectivity index (χ4n) is 6.68. The number of hydrogen-bond donors (Lipinski definition) is 0. The normalized spacial score (nSPS) is 11.6. The number of para-hydroxylation sites is 1. The van der Waals surface area contributed by atoms with Gasteiger partial charge in [-0.25, -0.2) is 19.9 Å². The molecular formula is C44H26N4OS. The predicted molar refractivity (Wildman–Crippen MR) is 205 cm³/mol. The van der Waals surface area contributed by atoms with Gasteiger partial charge in [0.2, 0.25) is 0 Å². The first-order valence-electron chi connectivity index (χ1n) is 16.5. The molecule has 4 heterocycles. The van der Waals surface area contributed by atoms with Crippen molar-refractivity contribution >= 4 is 53.6 Å². The van der Waals surface area contributed by atoms with Crippen LogP contribution in [0.15, 0.2) is 162 Å². The fraction of sp³-hybridized carbons (Fsp3) is 0. The molecule has 10 rings (SSSR count). The van der Waals surface area contributed by atoms with E-state index in [0.29, 0.717) is 17.5 Å². The Hall–Kier alpha value is -6.50. The van der Waals surface area contributed by atoms with Gasteiger partial charge in [-0.05, 0) is 23.3 Å². The van der Waals surface area contributed by atoms with Crippen LogP contribution in [0.5, 0.6) is 0 Å². The Balaban J connectivity index is 1.04. The first-order chi connectivity index (χ1) is 24.8. The molecule has 6 aromatic carbocycles. The quantitative estimate of drug-likeness (QED) is 0.184. The minimum absolute atomic E-state index is 0.637. The van der Waals surface area contributed by atoms with Gasteiger partial charge in [-0.3, -0.25) is 0 Å². The highest BCUT2D eigenvalue weighted by atomic mass is 32.1. The van der Waals surface area contributed by atoms with Crippen molar-refractivity contribution in [1.29, 1.82) is 0 Å². The molecule has 0 aliphatic carbocycles. The summed E-state index contributed by atoms with van der Waals surface area (Å²) in [7, 11) is 0. The van der Waals surface area contributed by atoms with Crippen LogP contribution < -0.4 is 0 Å². The molecule has 0 aliphatic heterocycles. The fourth-order valence-corrected chi connectivity index (χ4v) is 7.81. The van der Waals surface area contributed by atoms with Crippen molar-refractivity contribution in [1.82, 2.24) is 19.9 Å². The summed E-state index contributed by atoms with van der Waals surface area (Å²) in [5, 5.41) is 3.28. The van der Waals surface area contributed by atoms with Crippen molar-refractivity contribution in [2.45, 2.75) is 0 Å². The second-order valence-electron chi connectivity index (χ2n) is 12.2. The third kappa shape index (κ3) is 4.77. The maximum atomic E-state index is 6.52. The van der Waals surface area contributed by atoms with Crippen molar-refractivity contribution in [2.24, 2.45) is 0 Å². The van der Waals surface area contributed by atoms with Crippen LogP contribution in [0.1, 0.15) is 0 Å². The summed E-state index contributed by atoms with van der Waals surface area (Å²) >= 11 is 1.74. The number of benzene rings is 6. The molecule has 234 valence electrons. The molecule has 0 amide bonds. The molecule has 0 spiro atoms. The summed E-state index contributed by atoms with van der Waals surface area (Å²) in [6.45, 7) is 0. The zero-order valence-electron chi connectivity index (χ0n) is 26.6. The first-order valence-corrected chi connectivity index (χ1v) is 17.3. The average molecular weight is 659 g/mol. The monoisotopic (exact) mass is 658 g/mol. The van der Waals surface area contributed by atoms with Gasteiger partial charge in [-0.2, -0.15) is 0 Å². The smallest absolute Gasteiger partial charge is 0.164 e. The summed E-state index contributed by atoms with van der Waals surface area (Å²) < 4.78 is 8.81. The van der Waals surface area contributed by atoms with Crippen LogP contribution in [-0.4, -0.2) is 19.9 Å². The van der Waals surface area contributed by atoms with Crippen molar-refractivity contribution in [3.05, 3.63) is 158 Å². The lowest BCUT2D eigenvalue weighted by atomic mass is 9.99. The Labute approximate surface area is 291 Å². The highest BCUT2D eigenvalue weighted by molar-refractivity contribution is 7.26. The number of hydrogen-bond acceptors (Lipinski definition) is 6. The third-order valence-corrected chi connectivity index (χ3v) is 10.3. The summed E-state index contributed by atoms with van der Waals surface area (Å²) in [6.07, 6.45) is 0. The lowest BCUT2D eigenvalue weighted by molar-refractivity contribution is 0.673. The minimum Gasteiger partial charge on any atom is -0.454 e. The molecule has 10 aromatic rings. The molecule has 0 aliphatic rings. The summed E-state index contributed by atoms with van der Waals surface area (Å²) in [4.78, 5) is 19.9. The standard InChI is InChI=1S/C44H26N4OS/c1-3-11-30(12-4-1)42-46-43(31-13-5-2-6-14-31)48-44(47-42)32-25-21-28(22-26-32)27-19-23-29(24-20-27)38-37-33-15-7-9-17-35(33)49-40(37)41-39(45-38)34-16-8-10-18-36(34)50-41/h1-26H. The summed E-state index contributed by atoms with van der Waals surface area (Å²) in [6, 6.07) is 53.9. The van der Waals surface area contributed by atoms with Crippen LogP contribution >= 0.6 is 11.3 Å². The minimum atomic E-state index is 0.637. The second kappa shape index (κ2) is 11.6. The third-order valence-electron chi connectivity index (χ3n) is 9.17. The maximum Gasteiger partial charge on any atom is 0.164 e. The molecule has 6 heteroatoms. The molecular weight excluding hydrogens is 633 g/mol. The molecule has 4 aromatic heterocycles. The van der Waals surface area contributed by atoms with Crippen molar-refractivity contribution in [3.63, 3.8) is 0 Å². The van der Waals surface area contributed by atoms with Gasteiger partial charge >= 0.3 is 0 Å². The Bertz CT molecular complexity index is 2790. The number of aromatic nitrogens is 4. The summed E-state index contributed by atoms with van der Waals surface area (Å²) in [5.41, 5.74) is 9.78. The first kappa shape index (κ1) is 28.5. The van der Waals surface area contributed by atoms with E-state index in [-0.39, 0.29) is 0 Å². The highest BCUT2D eigenvalue weighted by Gasteiger charge is 2.21. The Kier molecular flexibility index (Phi) is 6.60. The van der Waals surface area contributed by atoms with E-state index in [1.54, 1.807) is 11.3 Å². The number of furan rings is 1. The molecule has 0 bridgehead atoms. The van der Waals surface area contributed by atoms with Gasteiger partial charge in [-0.1, -0.05) is 146 Å². The second-order valence-corrected chi connectivity index (χ2v) is 13.3. The Morgan fingerprint density at radius 1 is 0.400 bits per heavy atom. The van der Waals surface area contributed by atoms with E-state index in [4.69, 9.17) is 24.4 Å². The van der Waals surface area contributed by atoms with Gasteiger partial charge in [0.25, 0.3) is 0 Å². The van der Waals surface area contributed by atoms with Crippen LogP contribution in [0.3, 0.4) is 0 Å². The Morgan fingerprint density at radius 2 is 0.880 bits per heavy atom. The van der Waals surface area contributed by atoms with Gasteiger partial charge in [0, 0.05) is 37.7 Å². The van der Waals surface area contributed by atoms with Crippen LogP contribution in [0, 0.1) is 0 Å². The SMILES string of the molecule is c1ccc(-c2nc(-c3ccccc3)nc(-c3ccc(-c4ccc(-c5nc6c7ccccc7sc6c6oc7ccccc7c56)cc4)cc3)n2)cc1. The van der Waals surface area contributed by atoms with Gasteiger partial charge in [0.1, 0.15) is 5.58 Å². The molecule has 0 fully saturated rings. The molecule has 50 heavy (non-hydrogen) atoms. The predicted octanol–water partition coefficient (Wildman–Crippen LogP) is 11.9. The largest absolute Gasteiger partial charge is 0.454 e. The van der Waals surface area contributed by atoms with Crippen LogP contribution in [0.2, 0.25) is 0 Å². The van der Waals surface area contributed by atoms with E-state index < -0.39 is 0 Å². The van der Waals surface area contributed by atoms with Crippen LogP contribution in [-0.2, 0) is 0 Å². The molecule has 0 unspecified atom stereocenters. The molecule has 0 N–H and O–H groups in total. The van der Waals surface area contributed by atoms with Gasteiger partial charge < -0.3 is 4.42 Å². The number of fused-ring (bicyclic) bond motifs is 7. The van der Waals surface area contributed by atoms with Crippen LogP contribution in [0.25, 0.3) is 98.8 Å². The van der Waals surface area contributed by atoms with Crippen molar-refractivity contribution < 1.29 is 4.42 Å². The highest BCUT2D eigenvalue weighted by Crippen LogP contribution is 2.44. The van der Waals surface area contributed by atoms with E-state index in [1.807, 2.05) is 72.8 Å². The van der Waals surface area contributed by atoms with Gasteiger partial charge in [0.05, 0.1) is 21.3 Å². The number of thiophene rings is 1. The average Bonchev–Trinajstić information content (AvgIpc) is 3.77. The number of rotatable bonds is 5. The Morgan fingerprint density at radius 3 is 1.50 bits per heavy atom. The topological polar surface area (TPSA) is 64.7 Å². The van der Waals surface area contributed by atoms with E-state index in [2.05, 4.69) is 84.9 Å². The summed E-state index contributed by atoms with van der Waals surface area (Å²) in [5.74, 6) is 1.94. The van der Waals surface area contributed by atoms with Gasteiger partial charge in [-0.15, -0.1) is 11.3 Å². The van der Waals surface area contributed by atoms with Crippen LogP contribution in [0.4, 0.5) is 0 Å². The lowest BCUT2D eigenvalue weighted by Gasteiger charge is -2.09. The van der Waals surface area contributed by atoms with Crippen molar-refractivity contribution in [2.75, 3.05) is 0 Å². The molecule has 0 radical (unpaired) electrons. The number of nitrogens with zero attached hydrogens (tertiary/aromatic N) is 4. The zero-order chi connectivity index (χ0) is 33.0. The van der Waals surface area contributed by atoms with E-state index in [0.717, 1.165) is 76.6 Å². The van der Waals surface area contributed by atoms with Crippen molar-refractivity contribution in [3.8, 4) is 56.5 Å². The van der Waals surface area contributed by atoms with E-state index >= 15 is 0 Å². The number of pyridine rings is 1. The molecule has 0 saturated heterocycles. The van der Waals surface area contributed by atoms with E-state index in [1.165, 1.54) is 4.70 Å². The molecule has 5 nitrogen and oxygen atoms in total. The molecule has 0 saturated carbocycles. The zero-order valence-corrected chi connectivity index (χ0v) is 27.4. The molecule has 0 atom stereocenters. The maximum absolute atomic E-state index is 6.52. The lowest BCUT2D eigenvalue weighted by Crippen LogP contribution is -2.00.